The minimum absolute atomic E-state index is 0.740. The molecule has 0 amide bonds. The van der Waals surface area contributed by atoms with Gasteiger partial charge in [-0.05, 0) is 36.4 Å². The minimum Gasteiger partial charge on any atom is -0.497 e. The van der Waals surface area contributed by atoms with Crippen LogP contribution >= 0.6 is 11.6 Å². The number of methoxy groups -OCH3 is 2. The number of hydrogen-bond donors (Lipinski definition) is 1. The minimum atomic E-state index is -0.787. The lowest BCUT2D eigenvalue weighted by atomic mass is 10.1. The van der Waals surface area contributed by atoms with Crippen molar-refractivity contribution < 1.29 is 9.47 Å². The van der Waals surface area contributed by atoms with Crippen LogP contribution < -0.4 is 15.0 Å². The van der Waals surface area contributed by atoms with Gasteiger partial charge >= 0.3 is 0 Å². The monoisotopic (exact) mass is 354 g/mol. The molecule has 0 saturated heterocycles. The summed E-state index contributed by atoms with van der Waals surface area (Å²) < 4.78 is 11.2. The summed E-state index contributed by atoms with van der Waals surface area (Å²) in [5.41, 5.74) is 3.07. The van der Waals surface area contributed by atoms with Crippen LogP contribution in [0.3, 0.4) is 0 Å². The fraction of sp³-hybridized carbons (Fsp3) is 0.200. The molecule has 25 heavy (non-hydrogen) atoms. The summed E-state index contributed by atoms with van der Waals surface area (Å²) in [4.78, 5) is 2.10. The molecule has 0 bridgehead atoms. The van der Waals surface area contributed by atoms with Crippen LogP contribution in [-0.2, 0) is 10.6 Å². The third kappa shape index (κ3) is 2.25. The van der Waals surface area contributed by atoms with Gasteiger partial charge in [0, 0.05) is 35.5 Å². The van der Waals surface area contributed by atoms with Gasteiger partial charge in [-0.3, -0.25) is 0 Å². The van der Waals surface area contributed by atoms with E-state index < -0.39 is 5.85 Å². The molecule has 3 aromatic carbocycles. The first-order valence-electron chi connectivity index (χ1n) is 8.03. The molecule has 0 fully saturated rings. The fourth-order valence-electron chi connectivity index (χ4n) is 3.53. The molecule has 5 heteroatoms. The van der Waals surface area contributed by atoms with Crippen LogP contribution in [0.5, 0.6) is 5.75 Å². The second-order valence-corrected chi connectivity index (χ2v) is 6.46. The second-order valence-electron chi connectivity index (χ2n) is 6.06. The molecule has 4 nitrogen and oxygen atoms in total. The highest BCUT2D eigenvalue weighted by Gasteiger charge is 2.44. The lowest BCUT2D eigenvalue weighted by Gasteiger charge is -2.36. The normalized spacial score (nSPS) is 19.0. The molecule has 1 aliphatic heterocycles. The van der Waals surface area contributed by atoms with Crippen molar-refractivity contribution in [1.82, 2.24) is 0 Å². The highest BCUT2D eigenvalue weighted by Crippen LogP contribution is 2.48. The maximum Gasteiger partial charge on any atom is 0.246 e. The number of anilines is 2. The Morgan fingerprint density at radius 1 is 0.960 bits per heavy atom. The van der Waals surface area contributed by atoms with Crippen LogP contribution in [0.25, 0.3) is 10.8 Å². The molecule has 1 atom stereocenters. The number of hydrogen-bond acceptors (Lipinski definition) is 4. The zero-order chi connectivity index (χ0) is 17.6. The van der Waals surface area contributed by atoms with Gasteiger partial charge in [-0.15, -0.1) is 0 Å². The molecule has 3 aromatic rings. The first-order valence-corrected chi connectivity index (χ1v) is 8.41. The summed E-state index contributed by atoms with van der Waals surface area (Å²) in [6.07, 6.45) is 0. The number of nitrogens with one attached hydrogen (secondary N) is 1. The van der Waals surface area contributed by atoms with Crippen molar-refractivity contribution >= 4 is 33.7 Å². The summed E-state index contributed by atoms with van der Waals surface area (Å²) in [5.74, 6) is 0.0241. The van der Waals surface area contributed by atoms with Gasteiger partial charge in [0.05, 0.1) is 18.5 Å². The predicted molar refractivity (Wildman–Crippen MR) is 103 cm³/mol. The molecule has 0 saturated carbocycles. The third-order valence-electron chi connectivity index (χ3n) is 4.89. The highest BCUT2D eigenvalue weighted by atomic mass is 35.5. The molecule has 128 valence electrons. The van der Waals surface area contributed by atoms with Crippen molar-refractivity contribution in [2.75, 3.05) is 31.5 Å². The van der Waals surface area contributed by atoms with Crippen LogP contribution in [0, 0.1) is 0 Å². The summed E-state index contributed by atoms with van der Waals surface area (Å²) in [6.45, 7) is 0. The number of rotatable bonds is 3. The van der Waals surface area contributed by atoms with E-state index >= 15 is 0 Å². The van der Waals surface area contributed by atoms with Gasteiger partial charge in [-0.2, -0.15) is 0 Å². The van der Waals surface area contributed by atoms with E-state index in [1.165, 1.54) is 0 Å². The fourth-order valence-corrected chi connectivity index (χ4v) is 3.77. The molecular formula is C20H19ClN2O2. The zero-order valence-corrected chi connectivity index (χ0v) is 15.1. The topological polar surface area (TPSA) is 33.7 Å². The SMILES string of the molecule is COc1ccc(C2(OC)Nc3c(ccc4c(Cl)cccc34)N2C)cc1. The Hall–Kier alpha value is -2.43. The summed E-state index contributed by atoms with van der Waals surface area (Å²) >= 11 is 6.36. The smallest absolute Gasteiger partial charge is 0.246 e. The van der Waals surface area contributed by atoms with E-state index in [1.807, 2.05) is 43.4 Å². The summed E-state index contributed by atoms with van der Waals surface area (Å²) in [5, 5.41) is 6.41. The average Bonchev–Trinajstić information content (AvgIpc) is 2.96. The summed E-state index contributed by atoms with van der Waals surface area (Å²) in [6, 6.07) is 17.9. The Bertz CT molecular complexity index is 942. The van der Waals surface area contributed by atoms with Gasteiger partial charge in [0.1, 0.15) is 5.75 Å². The zero-order valence-electron chi connectivity index (χ0n) is 14.3. The maximum absolute atomic E-state index is 6.36. The van der Waals surface area contributed by atoms with E-state index in [0.717, 1.165) is 38.5 Å². The molecule has 1 aliphatic rings. The van der Waals surface area contributed by atoms with Crippen LogP contribution in [0.4, 0.5) is 11.4 Å². The van der Waals surface area contributed by atoms with Crippen molar-refractivity contribution in [3.8, 4) is 5.75 Å². The first kappa shape index (κ1) is 16.1. The van der Waals surface area contributed by atoms with Crippen molar-refractivity contribution in [3.63, 3.8) is 0 Å². The van der Waals surface area contributed by atoms with E-state index in [4.69, 9.17) is 21.1 Å². The van der Waals surface area contributed by atoms with Crippen LogP contribution in [-0.4, -0.2) is 21.3 Å². The molecular weight excluding hydrogens is 336 g/mol. The molecule has 4 rings (SSSR count). The van der Waals surface area contributed by atoms with E-state index in [0.29, 0.717) is 0 Å². The van der Waals surface area contributed by atoms with Crippen molar-refractivity contribution in [1.29, 1.82) is 0 Å². The Balaban J connectivity index is 1.88. The Morgan fingerprint density at radius 3 is 2.40 bits per heavy atom. The Morgan fingerprint density at radius 2 is 1.72 bits per heavy atom. The van der Waals surface area contributed by atoms with Gasteiger partial charge in [0.25, 0.3) is 0 Å². The van der Waals surface area contributed by atoms with Crippen LogP contribution in [0.1, 0.15) is 5.56 Å². The average molecular weight is 355 g/mol. The second kappa shape index (κ2) is 5.83. The van der Waals surface area contributed by atoms with E-state index in [2.05, 4.69) is 28.4 Å². The van der Waals surface area contributed by atoms with E-state index in [9.17, 15) is 0 Å². The van der Waals surface area contributed by atoms with Crippen LogP contribution in [0.15, 0.2) is 54.6 Å². The molecule has 0 aliphatic carbocycles. The first-order chi connectivity index (χ1) is 12.1. The van der Waals surface area contributed by atoms with Crippen LogP contribution in [0.2, 0.25) is 5.02 Å². The standard InChI is InChI=1S/C20H19ClN2O2/c1-23-18-12-11-15-16(5-4-6-17(15)21)19(18)22-20(23,25-3)13-7-9-14(24-2)10-8-13/h4-12,22H,1-3H3. The van der Waals surface area contributed by atoms with Crippen molar-refractivity contribution in [3.05, 3.63) is 65.2 Å². The van der Waals surface area contributed by atoms with E-state index in [-0.39, 0.29) is 0 Å². The summed E-state index contributed by atoms with van der Waals surface area (Å²) in [7, 11) is 5.38. The number of fused-ring (bicyclic) bond motifs is 3. The number of halogens is 1. The lowest BCUT2D eigenvalue weighted by molar-refractivity contribution is 0.0172. The largest absolute Gasteiger partial charge is 0.497 e. The number of ether oxygens (including phenoxy) is 2. The van der Waals surface area contributed by atoms with Gasteiger partial charge in [-0.1, -0.05) is 29.8 Å². The number of benzene rings is 3. The third-order valence-corrected chi connectivity index (χ3v) is 5.22. The molecule has 0 aromatic heterocycles. The number of nitrogens with zero attached hydrogens (tertiary/aromatic N) is 1. The van der Waals surface area contributed by atoms with Gasteiger partial charge in [0.2, 0.25) is 5.85 Å². The maximum atomic E-state index is 6.36. The van der Waals surface area contributed by atoms with Gasteiger partial charge in [-0.25, -0.2) is 0 Å². The molecule has 0 spiro atoms. The quantitative estimate of drug-likeness (QED) is 0.731. The van der Waals surface area contributed by atoms with Crippen molar-refractivity contribution in [2.45, 2.75) is 5.85 Å². The van der Waals surface area contributed by atoms with Gasteiger partial charge < -0.3 is 19.7 Å². The molecule has 1 unspecified atom stereocenters. The predicted octanol–water partition coefficient (Wildman–Crippen LogP) is 4.82. The molecule has 1 heterocycles. The Labute approximate surface area is 151 Å². The van der Waals surface area contributed by atoms with Crippen molar-refractivity contribution in [2.24, 2.45) is 0 Å². The van der Waals surface area contributed by atoms with Gasteiger partial charge in [0.15, 0.2) is 0 Å². The lowest BCUT2D eigenvalue weighted by Crippen LogP contribution is -2.47. The Kier molecular flexibility index (Phi) is 3.74. The highest BCUT2D eigenvalue weighted by molar-refractivity contribution is 6.36. The molecule has 1 N–H and O–H groups in total. The van der Waals surface area contributed by atoms with E-state index in [1.54, 1.807) is 14.2 Å². The molecule has 0 radical (unpaired) electrons.